The molecule has 2 aliphatic rings. The first-order valence-corrected chi connectivity index (χ1v) is 16.9. The molecule has 0 amide bonds. The largest absolute Gasteiger partial charge is 0.438 e. The predicted octanol–water partition coefficient (Wildman–Crippen LogP) is 12.1. The fourth-order valence-electron chi connectivity index (χ4n) is 8.45. The lowest BCUT2D eigenvalue weighted by atomic mass is 9.79. The van der Waals surface area contributed by atoms with Gasteiger partial charge in [-0.25, -0.2) is 0 Å². The van der Waals surface area contributed by atoms with E-state index in [1.165, 1.54) is 72.5 Å². The van der Waals surface area contributed by atoms with Crippen molar-refractivity contribution in [1.29, 1.82) is 0 Å². The Balaban J connectivity index is 1.19. The van der Waals surface area contributed by atoms with Crippen LogP contribution in [0.5, 0.6) is 0 Å². The van der Waals surface area contributed by atoms with Gasteiger partial charge in [0.25, 0.3) is 0 Å². The van der Waals surface area contributed by atoms with E-state index in [4.69, 9.17) is 4.42 Å². The van der Waals surface area contributed by atoms with E-state index in [0.29, 0.717) is 0 Å². The van der Waals surface area contributed by atoms with Crippen molar-refractivity contribution in [3.63, 3.8) is 0 Å². The van der Waals surface area contributed by atoms with Gasteiger partial charge in [-0.05, 0) is 85.0 Å². The lowest BCUT2D eigenvalue weighted by molar-refractivity contribution is 0.658. The van der Waals surface area contributed by atoms with Crippen LogP contribution in [0.2, 0.25) is 0 Å². The van der Waals surface area contributed by atoms with Gasteiger partial charge in [0.2, 0.25) is 5.71 Å². The molecule has 11 rings (SSSR count). The molecule has 0 saturated heterocycles. The van der Waals surface area contributed by atoms with E-state index in [0.717, 1.165) is 33.5 Å². The summed E-state index contributed by atoms with van der Waals surface area (Å²) in [5, 5.41) is 1.19. The Hall–Kier alpha value is -6.38. The number of hydrogen-bond donors (Lipinski definition) is 0. The van der Waals surface area contributed by atoms with Crippen LogP contribution in [0.4, 0.5) is 0 Å². The first-order chi connectivity index (χ1) is 24.3. The molecular weight excluding hydrogens is 595 g/mol. The molecule has 227 valence electrons. The van der Waals surface area contributed by atoms with Gasteiger partial charge in [-0.15, -0.1) is 0 Å². The van der Waals surface area contributed by atoms with Crippen molar-refractivity contribution in [3.05, 3.63) is 204 Å². The molecule has 2 nitrogen and oxygen atoms in total. The van der Waals surface area contributed by atoms with E-state index in [1.807, 2.05) is 12.1 Å². The highest BCUT2D eigenvalue weighted by molar-refractivity contribution is 6.16. The molecule has 1 radical (unpaired) electrons. The molecule has 49 heavy (non-hydrogen) atoms. The number of aromatic nitrogens is 1. The van der Waals surface area contributed by atoms with E-state index in [1.54, 1.807) is 0 Å². The third-order valence-electron chi connectivity index (χ3n) is 10.5. The standard InChI is InChI=1S/C47H28NO/c1-5-17-35-31(13-1)32-14-2-6-18-36(32)45(35)44(46-37-19-7-3-15-33(37)34-16-4-8-20-38(34)46)30-27-25-29(26-28-30)43-39-21-9-10-22-40(39)48-41-23-11-12-24-42(41)49-47(43)48/h1-28H. The van der Waals surface area contributed by atoms with Crippen molar-refractivity contribution in [2.24, 2.45) is 0 Å². The lowest BCUT2D eigenvalue weighted by Gasteiger charge is -2.22. The third-order valence-corrected chi connectivity index (χ3v) is 10.5. The first-order valence-electron chi connectivity index (χ1n) is 16.9. The van der Waals surface area contributed by atoms with Crippen LogP contribution in [0.25, 0.3) is 72.2 Å². The van der Waals surface area contributed by atoms with Crippen LogP contribution in [0.1, 0.15) is 27.8 Å². The molecule has 0 fully saturated rings. The monoisotopic (exact) mass is 622 g/mol. The molecule has 2 aliphatic carbocycles. The van der Waals surface area contributed by atoms with Gasteiger partial charge in [-0.1, -0.05) is 152 Å². The summed E-state index contributed by atoms with van der Waals surface area (Å²) in [4.78, 5) is 0. The second kappa shape index (κ2) is 10.1. The van der Waals surface area contributed by atoms with Crippen LogP contribution in [-0.2, 0) is 0 Å². The van der Waals surface area contributed by atoms with Gasteiger partial charge >= 0.3 is 0 Å². The second-order valence-electron chi connectivity index (χ2n) is 13.0. The van der Waals surface area contributed by atoms with E-state index in [-0.39, 0.29) is 0 Å². The van der Waals surface area contributed by atoms with Crippen molar-refractivity contribution < 1.29 is 4.42 Å². The number of rotatable bonds is 3. The maximum atomic E-state index is 6.57. The zero-order chi connectivity index (χ0) is 32.1. The smallest absolute Gasteiger partial charge is 0.213 e. The summed E-state index contributed by atoms with van der Waals surface area (Å²) >= 11 is 0. The Bertz CT molecular complexity index is 2730. The molecule has 0 unspecified atom stereocenters. The Morgan fingerprint density at radius 1 is 0.408 bits per heavy atom. The molecule has 0 aliphatic heterocycles. The Kier molecular flexibility index (Phi) is 5.47. The Labute approximate surface area is 283 Å². The summed E-state index contributed by atoms with van der Waals surface area (Å²) < 4.78 is 8.83. The first kappa shape index (κ1) is 26.7. The highest BCUT2D eigenvalue weighted by atomic mass is 16.3. The van der Waals surface area contributed by atoms with E-state index in [9.17, 15) is 0 Å². The van der Waals surface area contributed by atoms with Gasteiger partial charge in [-0.2, -0.15) is 0 Å². The molecule has 2 heterocycles. The summed E-state index contributed by atoms with van der Waals surface area (Å²) in [5.41, 5.74) is 20.2. The number of hydrogen-bond acceptors (Lipinski definition) is 1. The van der Waals surface area contributed by atoms with E-state index >= 15 is 0 Å². The van der Waals surface area contributed by atoms with Gasteiger partial charge in [0.05, 0.1) is 22.5 Å². The maximum absolute atomic E-state index is 6.57. The van der Waals surface area contributed by atoms with Crippen molar-refractivity contribution >= 4 is 38.9 Å². The molecule has 2 aromatic heterocycles. The van der Waals surface area contributed by atoms with E-state index in [2.05, 4.69) is 162 Å². The van der Waals surface area contributed by atoms with Gasteiger partial charge in [0.15, 0.2) is 5.58 Å². The number of nitrogens with zero attached hydrogens (tertiary/aromatic N) is 1. The zero-order valence-corrected chi connectivity index (χ0v) is 26.5. The SMILES string of the molecule is c1ccc2c(c1)[C](C(=C1c3ccccc3-c3ccccc31)c1ccc(-c3c4ccccc4n4c3oc3ccccc34)cc1)c1ccccc1-2. The average molecular weight is 623 g/mol. The minimum atomic E-state index is 0.875. The lowest BCUT2D eigenvalue weighted by Crippen LogP contribution is -2.05. The molecule has 0 spiro atoms. The molecule has 9 aromatic rings. The summed E-state index contributed by atoms with van der Waals surface area (Å²) in [5.74, 6) is 1.29. The average Bonchev–Trinajstić information content (AvgIpc) is 3.89. The summed E-state index contributed by atoms with van der Waals surface area (Å²) in [6, 6.07) is 61.6. The molecular formula is C47H28NO. The number of benzene rings is 7. The Morgan fingerprint density at radius 2 is 0.878 bits per heavy atom. The van der Waals surface area contributed by atoms with Crippen LogP contribution in [0, 0.1) is 5.92 Å². The maximum Gasteiger partial charge on any atom is 0.213 e. The van der Waals surface area contributed by atoms with Crippen LogP contribution < -0.4 is 0 Å². The number of allylic oxidation sites excluding steroid dienone is 1. The molecule has 0 saturated carbocycles. The third kappa shape index (κ3) is 3.66. The van der Waals surface area contributed by atoms with Crippen LogP contribution >= 0.6 is 0 Å². The molecule has 7 aromatic carbocycles. The van der Waals surface area contributed by atoms with Gasteiger partial charge in [0, 0.05) is 5.39 Å². The van der Waals surface area contributed by atoms with Gasteiger partial charge < -0.3 is 4.42 Å². The number of fused-ring (bicyclic) bond motifs is 11. The fraction of sp³-hybridized carbons (Fsp3) is 0. The van der Waals surface area contributed by atoms with Crippen LogP contribution in [0.3, 0.4) is 0 Å². The number of oxazole rings is 1. The van der Waals surface area contributed by atoms with Crippen LogP contribution in [0.15, 0.2) is 174 Å². The minimum Gasteiger partial charge on any atom is -0.438 e. The summed E-state index contributed by atoms with van der Waals surface area (Å²) in [7, 11) is 0. The quantitative estimate of drug-likeness (QED) is 0.192. The number of para-hydroxylation sites is 3. The van der Waals surface area contributed by atoms with E-state index < -0.39 is 0 Å². The summed E-state index contributed by atoms with van der Waals surface area (Å²) in [6.45, 7) is 0. The van der Waals surface area contributed by atoms with Crippen LogP contribution in [-0.4, -0.2) is 4.40 Å². The zero-order valence-electron chi connectivity index (χ0n) is 26.5. The molecule has 2 heteroatoms. The normalized spacial score (nSPS) is 13.2. The van der Waals surface area contributed by atoms with Crippen molar-refractivity contribution in [3.8, 4) is 33.4 Å². The molecule has 0 atom stereocenters. The summed E-state index contributed by atoms with van der Waals surface area (Å²) in [6.07, 6.45) is 0. The topological polar surface area (TPSA) is 17.6 Å². The minimum absolute atomic E-state index is 0.875. The molecule has 0 N–H and O–H groups in total. The predicted molar refractivity (Wildman–Crippen MR) is 201 cm³/mol. The van der Waals surface area contributed by atoms with Gasteiger partial charge in [0.1, 0.15) is 0 Å². The van der Waals surface area contributed by atoms with Crippen molar-refractivity contribution in [2.75, 3.05) is 0 Å². The highest BCUT2D eigenvalue weighted by Crippen LogP contribution is 2.56. The molecule has 0 bridgehead atoms. The highest BCUT2D eigenvalue weighted by Gasteiger charge is 2.37. The second-order valence-corrected chi connectivity index (χ2v) is 13.0. The van der Waals surface area contributed by atoms with Crippen molar-refractivity contribution in [2.45, 2.75) is 0 Å². The Morgan fingerprint density at radius 3 is 1.49 bits per heavy atom. The fourth-order valence-corrected chi connectivity index (χ4v) is 8.45. The van der Waals surface area contributed by atoms with Crippen molar-refractivity contribution in [1.82, 2.24) is 4.40 Å². The van der Waals surface area contributed by atoms with Gasteiger partial charge in [-0.3, -0.25) is 4.40 Å².